The van der Waals surface area contributed by atoms with Gasteiger partial charge in [-0.25, -0.2) is 4.98 Å². The molecule has 0 radical (unpaired) electrons. The zero-order valence-corrected chi connectivity index (χ0v) is 17.2. The molecule has 7 heteroatoms. The number of ether oxygens (including phenoxy) is 2. The van der Waals surface area contributed by atoms with Crippen molar-refractivity contribution in [1.29, 1.82) is 0 Å². The maximum Gasteiger partial charge on any atom is 0.254 e. The molecular formula is C22H23ClN3O3+. The van der Waals surface area contributed by atoms with E-state index in [-0.39, 0.29) is 5.91 Å². The first-order valence-electron chi connectivity index (χ1n) is 9.47. The van der Waals surface area contributed by atoms with E-state index < -0.39 is 0 Å². The van der Waals surface area contributed by atoms with Gasteiger partial charge in [-0.15, -0.1) is 0 Å². The number of H-pyrrole nitrogens is 1. The minimum Gasteiger partial charge on any atom is -0.493 e. The number of benzene rings is 2. The van der Waals surface area contributed by atoms with Crippen LogP contribution in [0.4, 0.5) is 5.69 Å². The average Bonchev–Trinajstić information content (AvgIpc) is 2.77. The van der Waals surface area contributed by atoms with Crippen LogP contribution in [0.15, 0.2) is 48.7 Å². The van der Waals surface area contributed by atoms with Crippen LogP contribution in [0, 0.1) is 0 Å². The molecule has 1 fully saturated rings. The molecule has 0 saturated carbocycles. The molecule has 0 aliphatic carbocycles. The van der Waals surface area contributed by atoms with Gasteiger partial charge in [-0.3, -0.25) is 4.79 Å². The summed E-state index contributed by atoms with van der Waals surface area (Å²) in [5.74, 6) is 1.17. The molecule has 1 aliphatic heterocycles. The Morgan fingerprint density at radius 1 is 0.966 bits per heavy atom. The van der Waals surface area contributed by atoms with Crippen LogP contribution in [0.5, 0.6) is 11.5 Å². The number of halogens is 1. The van der Waals surface area contributed by atoms with Crippen molar-refractivity contribution < 1.29 is 19.3 Å². The molecule has 150 valence electrons. The molecule has 1 N–H and O–H groups in total. The summed E-state index contributed by atoms with van der Waals surface area (Å²) in [7, 11) is 3.15. The lowest BCUT2D eigenvalue weighted by Gasteiger charge is -2.36. The predicted octanol–water partition coefficient (Wildman–Crippen LogP) is 3.29. The van der Waals surface area contributed by atoms with Gasteiger partial charge in [0.2, 0.25) is 5.52 Å². The van der Waals surface area contributed by atoms with E-state index in [1.807, 2.05) is 29.3 Å². The van der Waals surface area contributed by atoms with Gasteiger partial charge >= 0.3 is 0 Å². The van der Waals surface area contributed by atoms with Gasteiger partial charge in [0.25, 0.3) is 5.91 Å². The van der Waals surface area contributed by atoms with Gasteiger partial charge in [0.05, 0.1) is 25.3 Å². The fraction of sp³-hybridized carbons (Fsp3) is 0.273. The Morgan fingerprint density at radius 2 is 1.72 bits per heavy atom. The molecule has 3 aromatic rings. The van der Waals surface area contributed by atoms with E-state index in [1.54, 1.807) is 32.4 Å². The van der Waals surface area contributed by atoms with Crippen LogP contribution in [0.3, 0.4) is 0 Å². The van der Waals surface area contributed by atoms with Crippen molar-refractivity contribution in [3.63, 3.8) is 0 Å². The number of amides is 1. The van der Waals surface area contributed by atoms with E-state index >= 15 is 0 Å². The number of piperazine rings is 1. The van der Waals surface area contributed by atoms with Crippen LogP contribution in [0.25, 0.3) is 10.9 Å². The van der Waals surface area contributed by atoms with E-state index in [9.17, 15) is 4.79 Å². The molecule has 0 atom stereocenters. The fourth-order valence-corrected chi connectivity index (χ4v) is 3.91. The molecule has 6 nitrogen and oxygen atoms in total. The second-order valence-corrected chi connectivity index (χ2v) is 7.34. The van der Waals surface area contributed by atoms with Crippen LogP contribution < -0.4 is 19.4 Å². The highest BCUT2D eigenvalue weighted by molar-refractivity contribution is 6.31. The number of methoxy groups -OCH3 is 2. The number of carbonyl (C=O) groups is 1. The summed E-state index contributed by atoms with van der Waals surface area (Å²) < 4.78 is 10.6. The summed E-state index contributed by atoms with van der Waals surface area (Å²) in [5, 5.41) is 1.83. The number of anilines is 1. The number of aromatic amines is 1. The Bertz CT molecular complexity index is 1050. The average molecular weight is 413 g/mol. The molecule has 1 amide bonds. The maximum atomic E-state index is 13.0. The Kier molecular flexibility index (Phi) is 5.45. The third-order valence-electron chi connectivity index (χ3n) is 5.28. The second kappa shape index (κ2) is 8.17. The molecule has 4 rings (SSSR count). The maximum absolute atomic E-state index is 13.0. The summed E-state index contributed by atoms with van der Waals surface area (Å²) in [4.78, 5) is 20.4. The number of nitrogens with one attached hydrogen (secondary N) is 1. The van der Waals surface area contributed by atoms with Gasteiger partial charge < -0.3 is 19.3 Å². The van der Waals surface area contributed by atoms with Crippen molar-refractivity contribution in [2.75, 3.05) is 45.3 Å². The van der Waals surface area contributed by atoms with E-state index in [0.717, 1.165) is 29.7 Å². The van der Waals surface area contributed by atoms with E-state index in [0.29, 0.717) is 35.2 Å². The molecular weight excluding hydrogens is 390 g/mol. The van der Waals surface area contributed by atoms with Gasteiger partial charge in [-0.2, -0.15) is 0 Å². The molecule has 1 saturated heterocycles. The van der Waals surface area contributed by atoms with Crippen molar-refractivity contribution in [2.45, 2.75) is 0 Å². The number of fused-ring (bicyclic) bond motifs is 1. The first-order valence-corrected chi connectivity index (χ1v) is 9.84. The summed E-state index contributed by atoms with van der Waals surface area (Å²) in [6.07, 6.45) is 1.93. The highest BCUT2D eigenvalue weighted by Crippen LogP contribution is 2.29. The van der Waals surface area contributed by atoms with E-state index in [2.05, 4.69) is 16.0 Å². The molecule has 2 aromatic carbocycles. The summed E-state index contributed by atoms with van der Waals surface area (Å²) >= 11 is 6.12. The van der Waals surface area contributed by atoms with Crippen LogP contribution in [0.1, 0.15) is 10.4 Å². The Balaban J connectivity index is 1.49. The van der Waals surface area contributed by atoms with Crippen molar-refractivity contribution >= 4 is 34.1 Å². The summed E-state index contributed by atoms with van der Waals surface area (Å²) in [6, 6.07) is 13.2. The summed E-state index contributed by atoms with van der Waals surface area (Å²) in [5.41, 5.74) is 2.75. The standard InChI is InChI=1S/C22H22ClN3O3/c1-28-20-6-3-15(13-21(20)29-2)22(27)26-11-9-25(10-12-26)19-7-8-24-18-14-16(23)4-5-17(18)19/h3-8,13-14H,9-12H2,1-2H3/p+1. The van der Waals surface area contributed by atoms with Gasteiger partial charge in [0.1, 0.15) is 0 Å². The number of carbonyl (C=O) groups excluding carboxylic acids is 1. The highest BCUT2D eigenvalue weighted by atomic mass is 35.5. The lowest BCUT2D eigenvalue weighted by molar-refractivity contribution is -0.344. The number of hydrogen-bond acceptors (Lipinski definition) is 4. The van der Waals surface area contributed by atoms with Gasteiger partial charge in [0.15, 0.2) is 17.7 Å². The third-order valence-corrected chi connectivity index (χ3v) is 5.51. The largest absolute Gasteiger partial charge is 0.493 e. The molecule has 1 aliphatic rings. The second-order valence-electron chi connectivity index (χ2n) is 6.90. The number of nitrogens with zero attached hydrogens (tertiary/aromatic N) is 2. The number of aromatic nitrogens is 1. The van der Waals surface area contributed by atoms with Crippen LogP contribution in [0.2, 0.25) is 5.02 Å². The quantitative estimate of drug-likeness (QED) is 0.659. The van der Waals surface area contributed by atoms with Crippen LogP contribution in [-0.4, -0.2) is 51.2 Å². The number of rotatable bonds is 4. The number of pyridine rings is 1. The Hall–Kier alpha value is -2.99. The predicted molar refractivity (Wildman–Crippen MR) is 113 cm³/mol. The van der Waals surface area contributed by atoms with Gasteiger partial charge in [0, 0.05) is 48.9 Å². The minimum absolute atomic E-state index is 0.00337. The zero-order chi connectivity index (χ0) is 20.4. The lowest BCUT2D eigenvalue weighted by Crippen LogP contribution is -2.49. The van der Waals surface area contributed by atoms with Crippen molar-refractivity contribution in [1.82, 2.24) is 4.90 Å². The molecule has 0 bridgehead atoms. The number of hydrogen-bond donors (Lipinski definition) is 0. The molecule has 2 heterocycles. The first kappa shape index (κ1) is 19.3. The van der Waals surface area contributed by atoms with Gasteiger partial charge in [-0.05, 0) is 30.3 Å². The smallest absolute Gasteiger partial charge is 0.254 e. The Morgan fingerprint density at radius 3 is 2.45 bits per heavy atom. The minimum atomic E-state index is 0.00337. The molecule has 29 heavy (non-hydrogen) atoms. The first-order chi connectivity index (χ1) is 14.1. The van der Waals surface area contributed by atoms with Crippen molar-refractivity contribution in [3.05, 3.63) is 59.2 Å². The van der Waals surface area contributed by atoms with Crippen LogP contribution in [-0.2, 0) is 0 Å². The molecule has 1 aromatic heterocycles. The Labute approximate surface area is 174 Å². The SMILES string of the molecule is COc1ccc(C(=O)N2CCN(c3cc[nH+]c4cc(Cl)ccc34)CC2)cc1OC. The fourth-order valence-electron chi connectivity index (χ4n) is 3.74. The topological polar surface area (TPSA) is 56.2 Å². The van der Waals surface area contributed by atoms with Crippen molar-refractivity contribution in [2.24, 2.45) is 0 Å². The monoisotopic (exact) mass is 412 g/mol. The third kappa shape index (κ3) is 3.80. The van der Waals surface area contributed by atoms with Crippen molar-refractivity contribution in [3.8, 4) is 11.5 Å². The van der Waals surface area contributed by atoms with Crippen LogP contribution >= 0.6 is 11.6 Å². The van der Waals surface area contributed by atoms with Gasteiger partial charge in [-0.1, -0.05) is 11.6 Å². The van der Waals surface area contributed by atoms with E-state index in [4.69, 9.17) is 21.1 Å². The molecule has 0 spiro atoms. The summed E-state index contributed by atoms with van der Waals surface area (Å²) in [6.45, 7) is 2.84. The molecule has 0 unspecified atom stereocenters. The zero-order valence-electron chi connectivity index (χ0n) is 16.4. The normalized spacial score (nSPS) is 14.2. The lowest BCUT2D eigenvalue weighted by atomic mass is 10.1. The van der Waals surface area contributed by atoms with E-state index in [1.165, 1.54) is 0 Å². The highest BCUT2D eigenvalue weighted by Gasteiger charge is 2.24.